The summed E-state index contributed by atoms with van der Waals surface area (Å²) in [6, 6.07) is 25.5. The van der Waals surface area contributed by atoms with Crippen LogP contribution in [0.5, 0.6) is 0 Å². The van der Waals surface area contributed by atoms with E-state index in [1.54, 1.807) is 25.1 Å². The number of nitrogens with zero attached hydrogens (tertiary/aromatic N) is 1. The van der Waals surface area contributed by atoms with Gasteiger partial charge in [0.1, 0.15) is 11.5 Å². The van der Waals surface area contributed by atoms with Crippen molar-refractivity contribution in [2.45, 2.75) is 19.6 Å². The Hall–Kier alpha value is -4.23. The van der Waals surface area contributed by atoms with E-state index >= 15 is 0 Å². The first kappa shape index (κ1) is 22.9. The molecule has 0 aliphatic heterocycles. The quantitative estimate of drug-likeness (QED) is 0.394. The van der Waals surface area contributed by atoms with Crippen molar-refractivity contribution >= 4 is 17.5 Å². The highest BCUT2D eigenvalue weighted by molar-refractivity contribution is 6.05. The Kier molecular flexibility index (Phi) is 7.15. The molecule has 0 bridgehead atoms. The van der Waals surface area contributed by atoms with Crippen LogP contribution in [-0.2, 0) is 16.1 Å². The molecule has 4 aromatic rings. The van der Waals surface area contributed by atoms with Crippen molar-refractivity contribution in [1.82, 2.24) is 10.3 Å². The van der Waals surface area contributed by atoms with Crippen molar-refractivity contribution in [3.05, 3.63) is 108 Å². The van der Waals surface area contributed by atoms with Crippen LogP contribution in [0.2, 0.25) is 0 Å². The molecule has 172 valence electrons. The van der Waals surface area contributed by atoms with Gasteiger partial charge >= 0.3 is 0 Å². The molecule has 1 aromatic heterocycles. The van der Waals surface area contributed by atoms with Gasteiger partial charge in [-0.15, -0.1) is 0 Å². The number of ether oxygens (including phenoxy) is 1. The van der Waals surface area contributed by atoms with Crippen molar-refractivity contribution in [3.63, 3.8) is 0 Å². The lowest BCUT2D eigenvalue weighted by molar-refractivity contribution is -0.131. The van der Waals surface area contributed by atoms with E-state index in [9.17, 15) is 9.59 Å². The fourth-order valence-corrected chi connectivity index (χ4v) is 3.56. The summed E-state index contributed by atoms with van der Waals surface area (Å²) in [6.45, 7) is 1.97. The minimum atomic E-state index is -0.721. The highest BCUT2D eigenvalue weighted by Gasteiger charge is 2.21. The van der Waals surface area contributed by atoms with E-state index in [-0.39, 0.29) is 18.4 Å². The molecule has 3 aromatic carbocycles. The number of carbonyl (C=O) groups excluding carboxylic acids is 2. The molecule has 0 aliphatic rings. The number of oxazole rings is 1. The summed E-state index contributed by atoms with van der Waals surface area (Å²) in [5, 5.41) is 5.79. The highest BCUT2D eigenvalue weighted by atomic mass is 16.5. The van der Waals surface area contributed by atoms with Crippen LogP contribution in [0.4, 0.5) is 5.69 Å². The minimum absolute atomic E-state index is 0.180. The van der Waals surface area contributed by atoms with Gasteiger partial charge in [0.2, 0.25) is 5.89 Å². The van der Waals surface area contributed by atoms with Crippen molar-refractivity contribution in [2.24, 2.45) is 0 Å². The van der Waals surface area contributed by atoms with Gasteiger partial charge in [-0.05, 0) is 36.8 Å². The van der Waals surface area contributed by atoms with Crippen LogP contribution in [0.1, 0.15) is 33.5 Å². The van der Waals surface area contributed by atoms with Gasteiger partial charge in [-0.1, -0.05) is 60.7 Å². The number of nitrogens with one attached hydrogen (secondary N) is 2. The Labute approximate surface area is 197 Å². The zero-order chi connectivity index (χ0) is 23.9. The zero-order valence-corrected chi connectivity index (χ0v) is 18.9. The van der Waals surface area contributed by atoms with E-state index in [1.807, 2.05) is 66.7 Å². The molecule has 0 saturated carbocycles. The number of carbonyl (C=O) groups is 2. The Balaban J connectivity index is 1.49. The van der Waals surface area contributed by atoms with Crippen LogP contribution in [0, 0.1) is 6.92 Å². The number of aryl methyl sites for hydroxylation is 1. The lowest BCUT2D eigenvalue weighted by Crippen LogP contribution is -2.30. The molecule has 0 aliphatic carbocycles. The number of anilines is 1. The fraction of sp³-hybridized carbons (Fsp3) is 0.148. The molecule has 2 amide bonds. The van der Waals surface area contributed by atoms with Crippen molar-refractivity contribution < 1.29 is 18.7 Å². The Morgan fingerprint density at radius 1 is 0.941 bits per heavy atom. The Bertz CT molecular complexity index is 1270. The van der Waals surface area contributed by atoms with E-state index in [0.29, 0.717) is 34.2 Å². The third-order valence-electron chi connectivity index (χ3n) is 5.34. The second-order valence-corrected chi connectivity index (χ2v) is 7.63. The van der Waals surface area contributed by atoms with Crippen LogP contribution in [0.25, 0.3) is 11.5 Å². The standard InChI is InChI=1S/C27H25N3O4/c1-18-23(17-28-26(32)24(33-2)19-11-5-3-6-12-19)30-27(34-18)21-15-9-10-16-22(21)29-25(31)20-13-7-4-8-14-20/h3-16,24H,17H2,1-2H3,(H,28,32)(H,29,31)/t24-/m1/s1. The summed E-state index contributed by atoms with van der Waals surface area (Å²) >= 11 is 0. The Morgan fingerprint density at radius 2 is 1.59 bits per heavy atom. The van der Waals surface area contributed by atoms with Crippen molar-refractivity contribution in [1.29, 1.82) is 0 Å². The SMILES string of the molecule is CO[C@@H](C(=O)NCc1nc(-c2ccccc2NC(=O)c2ccccc2)oc1C)c1ccccc1. The average molecular weight is 456 g/mol. The number of para-hydroxylation sites is 1. The fourth-order valence-electron chi connectivity index (χ4n) is 3.56. The Morgan fingerprint density at radius 3 is 2.29 bits per heavy atom. The second-order valence-electron chi connectivity index (χ2n) is 7.63. The first-order valence-electron chi connectivity index (χ1n) is 10.8. The number of aromatic nitrogens is 1. The first-order valence-corrected chi connectivity index (χ1v) is 10.8. The van der Waals surface area contributed by atoms with E-state index < -0.39 is 6.10 Å². The number of rotatable bonds is 8. The van der Waals surface area contributed by atoms with Gasteiger partial charge in [-0.2, -0.15) is 0 Å². The van der Waals surface area contributed by atoms with Gasteiger partial charge in [0.15, 0.2) is 6.10 Å². The summed E-state index contributed by atoms with van der Waals surface area (Å²) in [5.41, 5.74) is 3.14. The molecule has 7 nitrogen and oxygen atoms in total. The summed E-state index contributed by atoms with van der Waals surface area (Å²) in [7, 11) is 1.50. The summed E-state index contributed by atoms with van der Waals surface area (Å²) in [5.74, 6) is 0.439. The summed E-state index contributed by atoms with van der Waals surface area (Å²) < 4.78 is 11.3. The van der Waals surface area contributed by atoms with Gasteiger partial charge in [0.25, 0.3) is 11.8 Å². The molecular weight excluding hydrogens is 430 g/mol. The number of amides is 2. The van der Waals surface area contributed by atoms with Gasteiger partial charge in [-0.3, -0.25) is 9.59 Å². The van der Waals surface area contributed by atoms with Crippen LogP contribution in [0.15, 0.2) is 89.3 Å². The van der Waals surface area contributed by atoms with Crippen LogP contribution in [0.3, 0.4) is 0 Å². The lowest BCUT2D eigenvalue weighted by atomic mass is 10.1. The molecular formula is C27H25N3O4. The molecule has 0 unspecified atom stereocenters. The molecule has 34 heavy (non-hydrogen) atoms. The van der Waals surface area contributed by atoms with E-state index in [1.165, 1.54) is 7.11 Å². The smallest absolute Gasteiger partial charge is 0.255 e. The van der Waals surface area contributed by atoms with Crippen molar-refractivity contribution in [2.75, 3.05) is 12.4 Å². The van der Waals surface area contributed by atoms with Crippen LogP contribution >= 0.6 is 0 Å². The molecule has 1 heterocycles. The van der Waals surface area contributed by atoms with Gasteiger partial charge in [0.05, 0.1) is 17.8 Å². The molecule has 2 N–H and O–H groups in total. The second kappa shape index (κ2) is 10.6. The number of benzene rings is 3. The van der Waals surface area contributed by atoms with E-state index in [2.05, 4.69) is 15.6 Å². The molecule has 4 rings (SSSR count). The molecule has 0 saturated heterocycles. The summed E-state index contributed by atoms with van der Waals surface area (Å²) in [4.78, 5) is 29.9. The molecule has 1 atom stereocenters. The normalized spacial score (nSPS) is 11.6. The third kappa shape index (κ3) is 5.22. The topological polar surface area (TPSA) is 93.5 Å². The third-order valence-corrected chi connectivity index (χ3v) is 5.34. The maximum atomic E-state index is 12.7. The maximum Gasteiger partial charge on any atom is 0.255 e. The predicted octanol–water partition coefficient (Wildman–Crippen LogP) is 4.91. The van der Waals surface area contributed by atoms with Gasteiger partial charge < -0.3 is 19.8 Å². The molecule has 0 radical (unpaired) electrons. The summed E-state index contributed by atoms with van der Waals surface area (Å²) in [6.07, 6.45) is -0.721. The first-order chi connectivity index (χ1) is 16.6. The van der Waals surface area contributed by atoms with Gasteiger partial charge in [0, 0.05) is 12.7 Å². The number of hydrogen-bond donors (Lipinski definition) is 2. The predicted molar refractivity (Wildman–Crippen MR) is 129 cm³/mol. The van der Waals surface area contributed by atoms with E-state index in [0.717, 1.165) is 5.56 Å². The maximum absolute atomic E-state index is 12.7. The number of methoxy groups -OCH3 is 1. The number of hydrogen-bond acceptors (Lipinski definition) is 5. The van der Waals surface area contributed by atoms with Crippen LogP contribution in [-0.4, -0.2) is 23.9 Å². The monoisotopic (exact) mass is 455 g/mol. The van der Waals surface area contributed by atoms with Gasteiger partial charge in [-0.25, -0.2) is 4.98 Å². The minimum Gasteiger partial charge on any atom is -0.441 e. The average Bonchev–Trinajstić information content (AvgIpc) is 3.25. The highest BCUT2D eigenvalue weighted by Crippen LogP contribution is 2.29. The zero-order valence-electron chi connectivity index (χ0n) is 18.9. The van der Waals surface area contributed by atoms with Crippen molar-refractivity contribution in [3.8, 4) is 11.5 Å². The van der Waals surface area contributed by atoms with E-state index in [4.69, 9.17) is 9.15 Å². The lowest BCUT2D eigenvalue weighted by Gasteiger charge is -2.15. The molecule has 0 fully saturated rings. The largest absolute Gasteiger partial charge is 0.441 e. The molecule has 7 heteroatoms. The molecule has 0 spiro atoms. The van der Waals surface area contributed by atoms with Crippen LogP contribution < -0.4 is 10.6 Å².